The van der Waals surface area contributed by atoms with E-state index in [0.29, 0.717) is 11.1 Å². The smallest absolute Gasteiger partial charge is 0.337 e. The highest BCUT2D eigenvalue weighted by molar-refractivity contribution is 6.08. The molecule has 2 aromatic rings. The average molecular weight is 260 g/mol. The summed E-state index contributed by atoms with van der Waals surface area (Å²) in [4.78, 5) is 25.1. The summed E-state index contributed by atoms with van der Waals surface area (Å²) in [5.41, 5.74) is 1.92. The quantitative estimate of drug-likeness (QED) is 0.772. The largest absolute Gasteiger partial charge is 0.465 e. The second kappa shape index (κ2) is 4.76. The maximum atomic E-state index is 12.1. The van der Waals surface area contributed by atoms with Crippen molar-refractivity contribution in [2.75, 3.05) is 21.2 Å². The molecule has 0 N–H and O–H groups in total. The van der Waals surface area contributed by atoms with Crippen LogP contribution >= 0.6 is 0 Å². The van der Waals surface area contributed by atoms with Gasteiger partial charge in [-0.1, -0.05) is 6.07 Å². The SMILES string of the molecule is COC(=O)c1ccc2c(C(=O)N(C)C)cn(C)c2c1. The molecule has 0 fully saturated rings. The molecule has 5 heteroatoms. The minimum absolute atomic E-state index is 0.0589. The predicted molar refractivity (Wildman–Crippen MR) is 72.3 cm³/mol. The number of hydrogen-bond donors (Lipinski definition) is 0. The molecule has 0 aliphatic heterocycles. The molecule has 0 aliphatic rings. The first-order chi connectivity index (χ1) is 8.95. The minimum atomic E-state index is -0.386. The predicted octanol–water partition coefficient (Wildman–Crippen LogP) is 1.67. The number of fused-ring (bicyclic) bond motifs is 1. The van der Waals surface area contributed by atoms with Crippen molar-refractivity contribution in [3.8, 4) is 0 Å². The highest BCUT2D eigenvalue weighted by Crippen LogP contribution is 2.23. The number of hydrogen-bond acceptors (Lipinski definition) is 3. The Morgan fingerprint density at radius 3 is 2.53 bits per heavy atom. The summed E-state index contributed by atoms with van der Waals surface area (Å²) in [5, 5.41) is 0.828. The topological polar surface area (TPSA) is 51.5 Å². The van der Waals surface area contributed by atoms with Crippen molar-refractivity contribution in [3.05, 3.63) is 35.5 Å². The lowest BCUT2D eigenvalue weighted by atomic mass is 10.1. The van der Waals surface area contributed by atoms with E-state index in [0.717, 1.165) is 10.9 Å². The Morgan fingerprint density at radius 2 is 1.95 bits per heavy atom. The molecule has 0 atom stereocenters. The number of aromatic nitrogens is 1. The first kappa shape index (κ1) is 13.1. The van der Waals surface area contributed by atoms with Gasteiger partial charge in [-0.3, -0.25) is 4.79 Å². The van der Waals surface area contributed by atoms with E-state index in [9.17, 15) is 9.59 Å². The van der Waals surface area contributed by atoms with Crippen molar-refractivity contribution < 1.29 is 14.3 Å². The summed E-state index contributed by atoms with van der Waals surface area (Å²) in [6.45, 7) is 0. The van der Waals surface area contributed by atoms with Crippen LogP contribution in [0.4, 0.5) is 0 Å². The van der Waals surface area contributed by atoms with Crippen molar-refractivity contribution in [1.29, 1.82) is 0 Å². The zero-order valence-electron chi connectivity index (χ0n) is 11.4. The van der Waals surface area contributed by atoms with E-state index in [2.05, 4.69) is 0 Å². The number of benzene rings is 1. The molecule has 5 nitrogen and oxygen atoms in total. The van der Waals surface area contributed by atoms with Crippen molar-refractivity contribution in [3.63, 3.8) is 0 Å². The zero-order chi connectivity index (χ0) is 14.2. The van der Waals surface area contributed by atoms with Crippen LogP contribution < -0.4 is 0 Å². The van der Waals surface area contributed by atoms with E-state index in [1.807, 2.05) is 11.6 Å². The molecule has 0 unspecified atom stereocenters. The third-order valence-corrected chi connectivity index (χ3v) is 3.05. The number of rotatable bonds is 2. The van der Waals surface area contributed by atoms with Crippen LogP contribution in [0, 0.1) is 0 Å². The fourth-order valence-corrected chi connectivity index (χ4v) is 2.04. The minimum Gasteiger partial charge on any atom is -0.465 e. The van der Waals surface area contributed by atoms with E-state index in [1.165, 1.54) is 12.0 Å². The Bertz CT molecular complexity index is 656. The average Bonchev–Trinajstić information content (AvgIpc) is 2.73. The van der Waals surface area contributed by atoms with Gasteiger partial charge >= 0.3 is 5.97 Å². The number of methoxy groups -OCH3 is 1. The van der Waals surface area contributed by atoms with Crippen LogP contribution in [0.3, 0.4) is 0 Å². The van der Waals surface area contributed by atoms with Gasteiger partial charge in [0.1, 0.15) is 0 Å². The molecule has 0 saturated carbocycles. The Balaban J connectivity index is 2.61. The summed E-state index contributed by atoms with van der Waals surface area (Å²) >= 11 is 0. The van der Waals surface area contributed by atoms with Crippen LogP contribution in [0.2, 0.25) is 0 Å². The van der Waals surface area contributed by atoms with Crippen molar-refractivity contribution in [2.45, 2.75) is 0 Å². The first-order valence-corrected chi connectivity index (χ1v) is 5.84. The molecule has 0 aliphatic carbocycles. The van der Waals surface area contributed by atoms with Crippen LogP contribution in [-0.4, -0.2) is 42.5 Å². The lowest BCUT2D eigenvalue weighted by Crippen LogP contribution is -2.21. The Labute approximate surface area is 111 Å². The van der Waals surface area contributed by atoms with Crippen LogP contribution in [0.15, 0.2) is 24.4 Å². The maximum absolute atomic E-state index is 12.1. The summed E-state index contributed by atoms with van der Waals surface area (Å²) in [6, 6.07) is 5.17. The molecule has 1 aromatic heterocycles. The molecular formula is C14H16N2O3. The Morgan fingerprint density at radius 1 is 1.26 bits per heavy atom. The summed E-state index contributed by atoms with van der Waals surface area (Å²) in [5.74, 6) is -0.444. The normalized spacial score (nSPS) is 10.5. The first-order valence-electron chi connectivity index (χ1n) is 5.84. The number of esters is 1. The summed E-state index contributed by atoms with van der Waals surface area (Å²) < 4.78 is 6.53. The molecule has 1 amide bonds. The van der Waals surface area contributed by atoms with Crippen molar-refractivity contribution in [2.24, 2.45) is 7.05 Å². The third-order valence-electron chi connectivity index (χ3n) is 3.05. The number of nitrogens with zero attached hydrogens (tertiary/aromatic N) is 2. The standard InChI is InChI=1S/C14H16N2O3/c1-15(2)13(17)11-8-16(3)12-7-9(14(18)19-4)5-6-10(11)12/h5-8H,1-4H3. The Hall–Kier alpha value is -2.30. The molecule has 100 valence electrons. The summed E-state index contributed by atoms with van der Waals surface area (Å²) in [7, 11) is 6.61. The lowest BCUT2D eigenvalue weighted by molar-refractivity contribution is 0.0600. The number of ether oxygens (including phenoxy) is 1. The molecule has 0 spiro atoms. The van der Waals surface area contributed by atoms with Crippen LogP contribution in [0.1, 0.15) is 20.7 Å². The molecular weight excluding hydrogens is 244 g/mol. The second-order valence-electron chi connectivity index (χ2n) is 4.58. The highest BCUT2D eigenvalue weighted by atomic mass is 16.5. The molecule has 2 rings (SSSR count). The van der Waals surface area contributed by atoms with E-state index in [4.69, 9.17) is 4.74 Å². The second-order valence-corrected chi connectivity index (χ2v) is 4.58. The number of carbonyl (C=O) groups is 2. The molecule has 0 bridgehead atoms. The van der Waals surface area contributed by atoms with Gasteiger partial charge in [-0.15, -0.1) is 0 Å². The van der Waals surface area contributed by atoms with Gasteiger partial charge in [-0.25, -0.2) is 4.79 Å². The number of carbonyl (C=O) groups excluding carboxylic acids is 2. The zero-order valence-corrected chi connectivity index (χ0v) is 11.4. The van der Waals surface area contributed by atoms with Crippen LogP contribution in [0.25, 0.3) is 10.9 Å². The van der Waals surface area contributed by atoms with Gasteiger partial charge < -0.3 is 14.2 Å². The van der Waals surface area contributed by atoms with Gasteiger partial charge in [0.15, 0.2) is 0 Å². The molecule has 0 saturated heterocycles. The fraction of sp³-hybridized carbons (Fsp3) is 0.286. The van der Waals surface area contributed by atoms with E-state index in [-0.39, 0.29) is 11.9 Å². The van der Waals surface area contributed by atoms with Crippen LogP contribution in [0.5, 0.6) is 0 Å². The van der Waals surface area contributed by atoms with Crippen molar-refractivity contribution in [1.82, 2.24) is 9.47 Å². The maximum Gasteiger partial charge on any atom is 0.337 e. The fourth-order valence-electron chi connectivity index (χ4n) is 2.04. The number of aryl methyl sites for hydroxylation is 1. The van der Waals surface area contributed by atoms with Gasteiger partial charge in [0.2, 0.25) is 0 Å². The van der Waals surface area contributed by atoms with Crippen molar-refractivity contribution >= 4 is 22.8 Å². The van der Waals surface area contributed by atoms with Crippen LogP contribution in [-0.2, 0) is 11.8 Å². The molecule has 0 radical (unpaired) electrons. The highest BCUT2D eigenvalue weighted by Gasteiger charge is 2.17. The third kappa shape index (κ3) is 2.19. The van der Waals surface area contributed by atoms with E-state index >= 15 is 0 Å². The molecule has 1 heterocycles. The van der Waals surface area contributed by atoms with Gasteiger partial charge in [-0.05, 0) is 12.1 Å². The molecule has 19 heavy (non-hydrogen) atoms. The van der Waals surface area contributed by atoms with Gasteiger partial charge in [-0.2, -0.15) is 0 Å². The van der Waals surface area contributed by atoms with E-state index < -0.39 is 0 Å². The monoisotopic (exact) mass is 260 g/mol. The van der Waals surface area contributed by atoms with Gasteiger partial charge in [0.05, 0.1) is 18.2 Å². The van der Waals surface area contributed by atoms with Gasteiger partial charge in [0, 0.05) is 38.2 Å². The lowest BCUT2D eigenvalue weighted by Gasteiger charge is -2.08. The van der Waals surface area contributed by atoms with E-state index in [1.54, 1.807) is 38.5 Å². The van der Waals surface area contributed by atoms with Gasteiger partial charge in [0.25, 0.3) is 5.91 Å². The molecule has 1 aromatic carbocycles. The number of amides is 1. The Kier molecular flexibility index (Phi) is 3.29. The summed E-state index contributed by atoms with van der Waals surface area (Å²) in [6.07, 6.45) is 1.77.